The van der Waals surface area contributed by atoms with Crippen molar-refractivity contribution >= 4 is 5.69 Å². The smallest absolute Gasteiger partial charge is 0.125 e. The fraction of sp³-hybridized carbons (Fsp3) is 0.571. The monoisotopic (exact) mass is 250 g/mol. The SMILES string of the molecule is NC1(c2ccc(F)cc2N2CCOCC2)CCC1. The number of ether oxygens (including phenoxy) is 1. The number of nitrogens with zero attached hydrogens (tertiary/aromatic N) is 1. The number of halogens is 1. The summed E-state index contributed by atoms with van der Waals surface area (Å²) in [7, 11) is 0. The molecule has 1 aromatic carbocycles. The first-order valence-corrected chi connectivity index (χ1v) is 6.61. The van der Waals surface area contributed by atoms with Crippen LogP contribution in [-0.2, 0) is 10.3 Å². The van der Waals surface area contributed by atoms with Crippen molar-refractivity contribution < 1.29 is 9.13 Å². The molecule has 1 aliphatic carbocycles. The summed E-state index contributed by atoms with van der Waals surface area (Å²) in [6.07, 6.45) is 3.16. The summed E-state index contributed by atoms with van der Waals surface area (Å²) < 4.78 is 18.9. The molecule has 0 amide bonds. The number of nitrogens with two attached hydrogens (primary N) is 1. The van der Waals surface area contributed by atoms with Gasteiger partial charge < -0.3 is 15.4 Å². The number of rotatable bonds is 2. The normalized spacial score (nSPS) is 22.7. The second-order valence-electron chi connectivity index (χ2n) is 5.27. The third-order valence-corrected chi connectivity index (χ3v) is 4.09. The predicted octanol–water partition coefficient (Wildman–Crippen LogP) is 2.00. The Labute approximate surface area is 107 Å². The van der Waals surface area contributed by atoms with Crippen molar-refractivity contribution in [1.29, 1.82) is 0 Å². The van der Waals surface area contributed by atoms with Crippen molar-refractivity contribution in [2.45, 2.75) is 24.8 Å². The molecule has 0 radical (unpaired) electrons. The minimum absolute atomic E-state index is 0.192. The zero-order valence-electron chi connectivity index (χ0n) is 10.5. The van der Waals surface area contributed by atoms with Gasteiger partial charge in [0.15, 0.2) is 0 Å². The van der Waals surface area contributed by atoms with Crippen molar-refractivity contribution in [3.63, 3.8) is 0 Å². The second kappa shape index (κ2) is 4.52. The van der Waals surface area contributed by atoms with Gasteiger partial charge in [-0.1, -0.05) is 6.07 Å². The standard InChI is InChI=1S/C14H19FN2O/c15-11-2-3-12(14(16)4-1-5-14)13(10-11)17-6-8-18-9-7-17/h2-3,10H,1,4-9,16H2. The van der Waals surface area contributed by atoms with Crippen LogP contribution in [0, 0.1) is 5.82 Å². The van der Waals surface area contributed by atoms with Gasteiger partial charge in [-0.25, -0.2) is 4.39 Å². The molecule has 0 unspecified atom stereocenters. The molecular weight excluding hydrogens is 231 g/mol. The van der Waals surface area contributed by atoms with Crippen LogP contribution in [0.1, 0.15) is 24.8 Å². The molecule has 1 aliphatic heterocycles. The molecule has 0 atom stereocenters. The van der Waals surface area contributed by atoms with Crippen molar-refractivity contribution in [2.75, 3.05) is 31.2 Å². The van der Waals surface area contributed by atoms with Crippen molar-refractivity contribution in [3.8, 4) is 0 Å². The molecule has 3 rings (SSSR count). The molecule has 1 saturated heterocycles. The Morgan fingerprint density at radius 1 is 1.22 bits per heavy atom. The summed E-state index contributed by atoms with van der Waals surface area (Å²) in [6.45, 7) is 3.03. The van der Waals surface area contributed by atoms with E-state index in [2.05, 4.69) is 4.90 Å². The van der Waals surface area contributed by atoms with Gasteiger partial charge in [0.25, 0.3) is 0 Å². The van der Waals surface area contributed by atoms with Crippen molar-refractivity contribution in [3.05, 3.63) is 29.6 Å². The summed E-state index contributed by atoms with van der Waals surface area (Å²) in [6, 6.07) is 5.00. The van der Waals surface area contributed by atoms with E-state index in [1.165, 1.54) is 6.07 Å². The lowest BCUT2D eigenvalue weighted by Crippen LogP contribution is -2.46. The van der Waals surface area contributed by atoms with Gasteiger partial charge in [0.05, 0.1) is 13.2 Å². The molecule has 18 heavy (non-hydrogen) atoms. The van der Waals surface area contributed by atoms with Crippen LogP contribution in [0.5, 0.6) is 0 Å². The van der Waals surface area contributed by atoms with Crippen LogP contribution in [0.2, 0.25) is 0 Å². The molecule has 1 aromatic rings. The Bertz CT molecular complexity index is 439. The highest BCUT2D eigenvalue weighted by Crippen LogP contribution is 2.43. The lowest BCUT2D eigenvalue weighted by molar-refractivity contribution is 0.122. The maximum atomic E-state index is 13.5. The molecule has 98 valence electrons. The van der Waals surface area contributed by atoms with E-state index < -0.39 is 0 Å². The molecule has 0 aromatic heterocycles. The van der Waals surface area contributed by atoms with Crippen LogP contribution >= 0.6 is 0 Å². The second-order valence-corrected chi connectivity index (χ2v) is 5.27. The number of hydrogen-bond acceptors (Lipinski definition) is 3. The highest BCUT2D eigenvalue weighted by atomic mass is 19.1. The molecule has 2 N–H and O–H groups in total. The Morgan fingerprint density at radius 3 is 2.56 bits per heavy atom. The Hall–Kier alpha value is -1.13. The van der Waals surface area contributed by atoms with E-state index in [1.54, 1.807) is 6.07 Å². The van der Waals surface area contributed by atoms with Gasteiger partial charge >= 0.3 is 0 Å². The van der Waals surface area contributed by atoms with Crippen molar-refractivity contribution in [2.24, 2.45) is 5.73 Å². The summed E-state index contributed by atoms with van der Waals surface area (Å²) in [5.74, 6) is -0.192. The first kappa shape index (κ1) is 11.9. The quantitative estimate of drug-likeness (QED) is 0.872. The van der Waals surface area contributed by atoms with Crippen LogP contribution in [0.15, 0.2) is 18.2 Å². The molecule has 4 heteroatoms. The average Bonchev–Trinajstić information content (AvgIpc) is 2.37. The summed E-state index contributed by atoms with van der Waals surface area (Å²) >= 11 is 0. The number of morpholine rings is 1. The maximum absolute atomic E-state index is 13.5. The Balaban J connectivity index is 1.97. The van der Waals surface area contributed by atoms with Crippen LogP contribution in [0.3, 0.4) is 0 Å². The van der Waals surface area contributed by atoms with Crippen LogP contribution in [0.25, 0.3) is 0 Å². The van der Waals surface area contributed by atoms with E-state index in [9.17, 15) is 4.39 Å². The number of benzene rings is 1. The van der Waals surface area contributed by atoms with E-state index in [1.807, 2.05) is 6.07 Å². The van der Waals surface area contributed by atoms with Gasteiger partial charge in [-0.3, -0.25) is 0 Å². The molecule has 0 bridgehead atoms. The Morgan fingerprint density at radius 2 is 1.94 bits per heavy atom. The van der Waals surface area contributed by atoms with Crippen molar-refractivity contribution in [1.82, 2.24) is 0 Å². The summed E-state index contributed by atoms with van der Waals surface area (Å²) in [4.78, 5) is 2.19. The summed E-state index contributed by atoms with van der Waals surface area (Å²) in [5.41, 5.74) is 8.21. The third-order valence-electron chi connectivity index (χ3n) is 4.09. The zero-order valence-corrected chi connectivity index (χ0v) is 10.5. The average molecular weight is 250 g/mol. The van der Waals surface area contributed by atoms with Gasteiger partial charge in [-0.15, -0.1) is 0 Å². The van der Waals surface area contributed by atoms with Gasteiger partial charge in [-0.2, -0.15) is 0 Å². The van der Waals surface area contributed by atoms with Crippen LogP contribution in [-0.4, -0.2) is 26.3 Å². The van der Waals surface area contributed by atoms with E-state index in [0.29, 0.717) is 13.2 Å². The van der Waals surface area contributed by atoms with Gasteiger partial charge in [0.2, 0.25) is 0 Å². The molecular formula is C14H19FN2O. The topological polar surface area (TPSA) is 38.5 Å². The van der Waals surface area contributed by atoms with Gasteiger partial charge in [-0.05, 0) is 37.0 Å². The molecule has 2 fully saturated rings. The number of anilines is 1. The van der Waals surface area contributed by atoms with Gasteiger partial charge in [0.1, 0.15) is 5.82 Å². The van der Waals surface area contributed by atoms with Gasteiger partial charge in [0, 0.05) is 24.3 Å². The van der Waals surface area contributed by atoms with E-state index in [4.69, 9.17) is 10.5 Å². The molecule has 3 nitrogen and oxygen atoms in total. The molecule has 2 aliphatic rings. The highest BCUT2D eigenvalue weighted by Gasteiger charge is 2.37. The first-order valence-electron chi connectivity index (χ1n) is 6.61. The van der Waals surface area contributed by atoms with E-state index in [0.717, 1.165) is 43.6 Å². The largest absolute Gasteiger partial charge is 0.378 e. The number of hydrogen-bond donors (Lipinski definition) is 1. The lowest BCUT2D eigenvalue weighted by Gasteiger charge is -2.42. The third kappa shape index (κ3) is 1.99. The first-order chi connectivity index (χ1) is 8.69. The Kier molecular flexibility index (Phi) is 2.99. The zero-order chi connectivity index (χ0) is 12.6. The molecule has 1 saturated carbocycles. The fourth-order valence-corrected chi connectivity index (χ4v) is 2.82. The van der Waals surface area contributed by atoms with Crippen LogP contribution < -0.4 is 10.6 Å². The van der Waals surface area contributed by atoms with Crippen LogP contribution in [0.4, 0.5) is 10.1 Å². The minimum atomic E-state index is -0.249. The lowest BCUT2D eigenvalue weighted by atomic mass is 9.72. The fourth-order valence-electron chi connectivity index (χ4n) is 2.82. The summed E-state index contributed by atoms with van der Waals surface area (Å²) in [5, 5.41) is 0. The van der Waals surface area contributed by atoms with E-state index >= 15 is 0 Å². The molecule has 0 spiro atoms. The van der Waals surface area contributed by atoms with E-state index in [-0.39, 0.29) is 11.4 Å². The molecule has 1 heterocycles. The predicted molar refractivity (Wildman–Crippen MR) is 69.1 cm³/mol. The maximum Gasteiger partial charge on any atom is 0.125 e. The minimum Gasteiger partial charge on any atom is -0.378 e. The highest BCUT2D eigenvalue weighted by molar-refractivity contribution is 5.57.